The quantitative estimate of drug-likeness (QED) is 0.201. The van der Waals surface area contributed by atoms with Gasteiger partial charge in [0.25, 0.3) is 0 Å². The highest BCUT2D eigenvalue weighted by molar-refractivity contribution is 7.26. The zero-order valence-corrected chi connectivity index (χ0v) is 25.3. The topological polar surface area (TPSA) is 51.8 Å². The Morgan fingerprint density at radius 3 is 1.87 bits per heavy atom. The van der Waals surface area contributed by atoms with Crippen LogP contribution < -0.4 is 0 Å². The fourth-order valence-electron chi connectivity index (χ4n) is 6.81. The molecule has 0 unspecified atom stereocenters. The molecule has 10 aromatic rings. The number of fused-ring (bicyclic) bond motifs is 10. The predicted octanol–water partition coefficient (Wildman–Crippen LogP) is 11.4. The largest absolute Gasteiger partial charge is 0.455 e. The number of benzene rings is 7. The van der Waals surface area contributed by atoms with Crippen molar-refractivity contribution in [3.8, 4) is 34.2 Å². The number of hydrogen-bond donors (Lipinski definition) is 0. The van der Waals surface area contributed by atoms with E-state index in [2.05, 4.69) is 109 Å². The molecule has 0 saturated heterocycles. The van der Waals surface area contributed by atoms with Crippen molar-refractivity contribution in [1.82, 2.24) is 15.0 Å². The molecule has 10 rings (SSSR count). The van der Waals surface area contributed by atoms with Crippen LogP contribution in [-0.4, -0.2) is 15.0 Å². The summed E-state index contributed by atoms with van der Waals surface area (Å²) in [5.74, 6) is 1.91. The molecule has 0 aliphatic heterocycles. The molecule has 0 bridgehead atoms. The number of hydrogen-bond acceptors (Lipinski definition) is 5. The highest BCUT2D eigenvalue weighted by atomic mass is 32.1. The molecule has 4 nitrogen and oxygen atoms in total. The number of aromatic nitrogens is 3. The van der Waals surface area contributed by atoms with Crippen molar-refractivity contribution in [2.75, 3.05) is 0 Å². The van der Waals surface area contributed by atoms with E-state index in [1.54, 1.807) is 0 Å². The smallest absolute Gasteiger partial charge is 0.164 e. The zero-order valence-electron chi connectivity index (χ0n) is 24.4. The van der Waals surface area contributed by atoms with Crippen LogP contribution in [0, 0.1) is 0 Å². The summed E-state index contributed by atoms with van der Waals surface area (Å²) in [7, 11) is 0. The fourth-order valence-corrected chi connectivity index (χ4v) is 8.08. The first kappa shape index (κ1) is 25.4. The Hall–Kier alpha value is -5.91. The summed E-state index contributed by atoms with van der Waals surface area (Å²) in [6.07, 6.45) is 0. The summed E-state index contributed by atoms with van der Waals surface area (Å²) in [5, 5.41) is 9.18. The van der Waals surface area contributed by atoms with Crippen molar-refractivity contribution in [3.63, 3.8) is 0 Å². The van der Waals surface area contributed by atoms with E-state index in [4.69, 9.17) is 19.4 Å². The van der Waals surface area contributed by atoms with E-state index in [0.29, 0.717) is 17.5 Å². The number of thiophene rings is 1. The molecule has 7 aromatic carbocycles. The Kier molecular flexibility index (Phi) is 5.41. The van der Waals surface area contributed by atoms with Gasteiger partial charge in [-0.05, 0) is 34.4 Å². The summed E-state index contributed by atoms with van der Waals surface area (Å²) in [6.45, 7) is 0. The Balaban J connectivity index is 1.28. The van der Waals surface area contributed by atoms with Crippen LogP contribution in [-0.2, 0) is 0 Å². The first-order valence-corrected chi connectivity index (χ1v) is 16.1. The van der Waals surface area contributed by atoms with Crippen LogP contribution >= 0.6 is 11.3 Å². The predicted molar refractivity (Wildman–Crippen MR) is 191 cm³/mol. The molecule has 0 radical (unpaired) electrons. The number of furan rings is 1. The van der Waals surface area contributed by atoms with Crippen LogP contribution in [0.3, 0.4) is 0 Å². The molecule has 0 saturated carbocycles. The fraction of sp³-hybridized carbons (Fsp3) is 0. The normalized spacial score (nSPS) is 11.9. The lowest BCUT2D eigenvalue weighted by atomic mass is 10.0. The van der Waals surface area contributed by atoms with Gasteiger partial charge in [-0.25, -0.2) is 15.0 Å². The molecule has 0 spiro atoms. The average molecular weight is 606 g/mol. The van der Waals surface area contributed by atoms with Crippen molar-refractivity contribution in [1.29, 1.82) is 0 Å². The Morgan fingerprint density at radius 1 is 0.435 bits per heavy atom. The van der Waals surface area contributed by atoms with E-state index in [1.807, 2.05) is 41.7 Å². The Bertz CT molecular complexity index is 2640. The molecule has 3 aromatic heterocycles. The highest BCUT2D eigenvalue weighted by Crippen LogP contribution is 2.43. The van der Waals surface area contributed by atoms with Gasteiger partial charge in [-0.1, -0.05) is 121 Å². The third-order valence-electron chi connectivity index (χ3n) is 8.92. The first-order chi connectivity index (χ1) is 22.8. The monoisotopic (exact) mass is 605 g/mol. The van der Waals surface area contributed by atoms with Crippen molar-refractivity contribution in [2.24, 2.45) is 0 Å². The molecule has 46 heavy (non-hydrogen) atoms. The summed E-state index contributed by atoms with van der Waals surface area (Å²) in [6, 6.07) is 48.4. The molecule has 0 aliphatic carbocycles. The highest BCUT2D eigenvalue weighted by Gasteiger charge is 2.20. The van der Waals surface area contributed by atoms with Gasteiger partial charge in [0.1, 0.15) is 11.2 Å². The third kappa shape index (κ3) is 3.76. The van der Waals surface area contributed by atoms with Crippen LogP contribution in [0.4, 0.5) is 0 Å². The van der Waals surface area contributed by atoms with E-state index in [1.165, 1.54) is 30.9 Å². The number of rotatable bonds is 3. The van der Waals surface area contributed by atoms with Crippen LogP contribution in [0.15, 0.2) is 144 Å². The SMILES string of the molecule is c1ccc(-c2nc(-c3cccc4oc5c6ccccc6ccc5c34)nc(-c3cccc4sc5c6ccccc6ccc5c34)n2)cc1. The van der Waals surface area contributed by atoms with Crippen LogP contribution in [0.25, 0.3) is 97.8 Å². The van der Waals surface area contributed by atoms with Crippen molar-refractivity contribution in [3.05, 3.63) is 140 Å². The molecule has 3 heterocycles. The maximum atomic E-state index is 6.52. The van der Waals surface area contributed by atoms with Gasteiger partial charge in [-0.2, -0.15) is 0 Å². The molecule has 0 atom stereocenters. The second kappa shape index (κ2) is 9.80. The molecule has 0 N–H and O–H groups in total. The van der Waals surface area contributed by atoms with Crippen LogP contribution in [0.1, 0.15) is 0 Å². The van der Waals surface area contributed by atoms with Gasteiger partial charge >= 0.3 is 0 Å². The minimum absolute atomic E-state index is 0.618. The van der Waals surface area contributed by atoms with E-state index >= 15 is 0 Å². The molecule has 5 heteroatoms. The summed E-state index contributed by atoms with van der Waals surface area (Å²) < 4.78 is 9.01. The third-order valence-corrected chi connectivity index (χ3v) is 10.1. The van der Waals surface area contributed by atoms with Gasteiger partial charge in [-0.15, -0.1) is 11.3 Å². The van der Waals surface area contributed by atoms with Gasteiger partial charge in [0.05, 0.1) is 0 Å². The summed E-state index contributed by atoms with van der Waals surface area (Å²) in [4.78, 5) is 15.5. The van der Waals surface area contributed by atoms with Crippen molar-refractivity contribution >= 4 is 75.0 Å². The van der Waals surface area contributed by atoms with Gasteiger partial charge in [0.2, 0.25) is 0 Å². The van der Waals surface area contributed by atoms with Gasteiger partial charge < -0.3 is 4.42 Å². The maximum absolute atomic E-state index is 6.52. The molecular weight excluding hydrogens is 583 g/mol. The van der Waals surface area contributed by atoms with E-state index in [0.717, 1.165) is 49.4 Å². The maximum Gasteiger partial charge on any atom is 0.164 e. The average Bonchev–Trinajstić information content (AvgIpc) is 3.71. The zero-order chi connectivity index (χ0) is 30.2. The van der Waals surface area contributed by atoms with Crippen molar-refractivity contribution < 1.29 is 4.42 Å². The van der Waals surface area contributed by atoms with E-state index in [9.17, 15) is 0 Å². The first-order valence-electron chi connectivity index (χ1n) is 15.3. The van der Waals surface area contributed by atoms with Crippen molar-refractivity contribution in [2.45, 2.75) is 0 Å². The van der Waals surface area contributed by atoms with Crippen LogP contribution in [0.5, 0.6) is 0 Å². The minimum atomic E-state index is 0.618. The van der Waals surface area contributed by atoms with Crippen LogP contribution in [0.2, 0.25) is 0 Å². The standard InChI is InChI=1S/C41H23N3OS/c1-2-12-26(13-3-1)39-42-40(31-16-8-18-33-35(31)29-22-20-24-10-4-6-14-27(24)37(29)45-33)44-41(43-39)32-17-9-19-34-36(32)30-23-21-25-11-5-7-15-28(25)38(30)46-34/h1-23H. The lowest BCUT2D eigenvalue weighted by Gasteiger charge is -2.10. The Labute approximate surface area is 267 Å². The lowest BCUT2D eigenvalue weighted by molar-refractivity contribution is 0.672. The molecule has 0 aliphatic rings. The summed E-state index contributed by atoms with van der Waals surface area (Å²) >= 11 is 1.82. The summed E-state index contributed by atoms with van der Waals surface area (Å²) in [5.41, 5.74) is 4.54. The number of nitrogens with zero attached hydrogens (tertiary/aromatic N) is 3. The second-order valence-corrected chi connectivity index (χ2v) is 12.6. The molecule has 0 fully saturated rings. The minimum Gasteiger partial charge on any atom is -0.455 e. The Morgan fingerprint density at radius 2 is 1.07 bits per heavy atom. The lowest BCUT2D eigenvalue weighted by Crippen LogP contribution is -2.00. The van der Waals surface area contributed by atoms with E-state index in [-0.39, 0.29) is 0 Å². The van der Waals surface area contributed by atoms with E-state index < -0.39 is 0 Å². The molecule has 0 amide bonds. The molecular formula is C41H23N3OS. The van der Waals surface area contributed by atoms with Gasteiger partial charge in [0, 0.05) is 53.0 Å². The van der Waals surface area contributed by atoms with Gasteiger partial charge in [-0.3, -0.25) is 0 Å². The van der Waals surface area contributed by atoms with Gasteiger partial charge in [0.15, 0.2) is 17.5 Å². The second-order valence-electron chi connectivity index (χ2n) is 11.6. The molecule has 214 valence electrons.